The van der Waals surface area contributed by atoms with E-state index in [1.54, 1.807) is 12.1 Å². The number of aliphatic hydroxyl groups is 1. The first-order chi connectivity index (χ1) is 10.0. The smallest absolute Gasteiger partial charge is 0.178 e. The van der Waals surface area contributed by atoms with Crippen LogP contribution in [0.2, 0.25) is 0 Å². The van der Waals surface area contributed by atoms with Gasteiger partial charge in [0.25, 0.3) is 0 Å². The van der Waals surface area contributed by atoms with Crippen LogP contribution in [0.4, 0.5) is 0 Å². The number of sulfone groups is 1. The predicted molar refractivity (Wildman–Crippen MR) is 81.9 cm³/mol. The van der Waals surface area contributed by atoms with Crippen LogP contribution >= 0.6 is 0 Å². The van der Waals surface area contributed by atoms with Crippen molar-refractivity contribution in [3.05, 3.63) is 29.8 Å². The fraction of sp³-hybridized carbons (Fsp3) is 0.625. The molecule has 0 saturated heterocycles. The Morgan fingerprint density at radius 1 is 1.19 bits per heavy atom. The summed E-state index contributed by atoms with van der Waals surface area (Å²) in [6.45, 7) is 0.548. The Kier molecular flexibility index (Phi) is 4.08. The van der Waals surface area contributed by atoms with Crippen LogP contribution in [0.15, 0.2) is 29.2 Å². The second-order valence-corrected chi connectivity index (χ2v) is 8.44. The first-order valence-electron chi connectivity index (χ1n) is 7.78. The largest absolute Gasteiger partial charge is 0.389 e. The molecule has 1 fully saturated rings. The molecule has 1 heterocycles. The molecule has 1 aliphatic carbocycles. The Balaban J connectivity index is 1.75. The number of nitrogens with one attached hydrogen (secondary N) is 1. The molecule has 1 aliphatic heterocycles. The second kappa shape index (κ2) is 5.71. The van der Waals surface area contributed by atoms with E-state index in [9.17, 15) is 13.5 Å². The zero-order valence-corrected chi connectivity index (χ0v) is 13.0. The summed E-state index contributed by atoms with van der Waals surface area (Å²) in [5.74, 6) is 0.181. The first-order valence-corrected chi connectivity index (χ1v) is 9.43. The van der Waals surface area contributed by atoms with Gasteiger partial charge in [0.2, 0.25) is 0 Å². The molecule has 0 amide bonds. The molecule has 4 nitrogen and oxygen atoms in total. The van der Waals surface area contributed by atoms with Crippen LogP contribution in [0.1, 0.15) is 50.1 Å². The minimum absolute atomic E-state index is 0.0238. The van der Waals surface area contributed by atoms with Crippen LogP contribution < -0.4 is 5.32 Å². The molecule has 0 spiro atoms. The molecule has 0 bridgehead atoms. The van der Waals surface area contributed by atoms with Gasteiger partial charge in [0.1, 0.15) is 0 Å². The molecular weight excluding hydrogens is 286 g/mol. The summed E-state index contributed by atoms with van der Waals surface area (Å²) in [6, 6.07) is 7.25. The van der Waals surface area contributed by atoms with Crippen molar-refractivity contribution in [2.24, 2.45) is 0 Å². The van der Waals surface area contributed by atoms with Crippen LogP contribution in [0.3, 0.4) is 0 Å². The molecule has 21 heavy (non-hydrogen) atoms. The molecule has 3 rings (SSSR count). The van der Waals surface area contributed by atoms with Crippen LogP contribution in [-0.2, 0) is 9.84 Å². The third-order valence-electron chi connectivity index (χ3n) is 4.77. The maximum atomic E-state index is 12.1. The Morgan fingerprint density at radius 2 is 1.90 bits per heavy atom. The highest BCUT2D eigenvalue weighted by molar-refractivity contribution is 7.91. The third kappa shape index (κ3) is 3.15. The van der Waals surface area contributed by atoms with Gasteiger partial charge in [-0.05, 0) is 30.9 Å². The number of hydrogen-bond donors (Lipinski definition) is 2. The molecule has 1 aromatic carbocycles. The van der Waals surface area contributed by atoms with E-state index in [4.69, 9.17) is 0 Å². The molecule has 2 aliphatic rings. The fourth-order valence-corrected chi connectivity index (χ4v) is 5.12. The van der Waals surface area contributed by atoms with E-state index in [2.05, 4.69) is 5.32 Å². The molecule has 5 heteroatoms. The summed E-state index contributed by atoms with van der Waals surface area (Å²) in [7, 11) is -3.14. The van der Waals surface area contributed by atoms with Crippen molar-refractivity contribution in [2.75, 3.05) is 12.3 Å². The van der Waals surface area contributed by atoms with E-state index in [1.165, 1.54) is 6.42 Å². The Morgan fingerprint density at radius 3 is 2.67 bits per heavy atom. The van der Waals surface area contributed by atoms with Crippen molar-refractivity contribution >= 4 is 9.84 Å². The van der Waals surface area contributed by atoms with E-state index < -0.39 is 15.4 Å². The summed E-state index contributed by atoms with van der Waals surface area (Å²) in [6.07, 6.45) is 5.61. The standard InChI is InChI=1S/C16H23NO3S/c18-16(9-4-1-5-10-16)12-17-14-8-11-21(19,20)15-7-3-2-6-13(14)15/h2-3,6-7,14,17-18H,1,4-5,8-12H2. The molecule has 1 saturated carbocycles. The van der Waals surface area contributed by atoms with Gasteiger partial charge in [0.15, 0.2) is 9.84 Å². The van der Waals surface area contributed by atoms with Crippen molar-refractivity contribution in [1.82, 2.24) is 5.32 Å². The van der Waals surface area contributed by atoms with E-state index >= 15 is 0 Å². The fourth-order valence-electron chi connectivity index (χ4n) is 3.50. The number of benzene rings is 1. The molecular formula is C16H23NO3S. The minimum Gasteiger partial charge on any atom is -0.389 e. The lowest BCUT2D eigenvalue weighted by atomic mass is 9.84. The van der Waals surface area contributed by atoms with E-state index in [0.717, 1.165) is 31.2 Å². The molecule has 1 aromatic rings. The van der Waals surface area contributed by atoms with Gasteiger partial charge in [0.05, 0.1) is 16.2 Å². The molecule has 0 aromatic heterocycles. The molecule has 1 atom stereocenters. The summed E-state index contributed by atoms with van der Waals surface area (Å²) < 4.78 is 24.2. The lowest BCUT2D eigenvalue weighted by Crippen LogP contribution is -2.44. The van der Waals surface area contributed by atoms with E-state index in [0.29, 0.717) is 17.9 Å². The van der Waals surface area contributed by atoms with Gasteiger partial charge >= 0.3 is 0 Å². The average Bonchev–Trinajstić information content (AvgIpc) is 2.47. The summed E-state index contributed by atoms with van der Waals surface area (Å²) in [5, 5.41) is 14.0. The second-order valence-electron chi connectivity index (χ2n) is 6.36. The SMILES string of the molecule is O=S1(=O)CCC(NCC2(O)CCCCC2)c2ccccc21. The number of hydrogen-bond acceptors (Lipinski definition) is 4. The lowest BCUT2D eigenvalue weighted by molar-refractivity contribution is 0.00239. The zero-order chi connectivity index (χ0) is 14.9. The predicted octanol–water partition coefficient (Wildman–Crippen LogP) is 2.19. The third-order valence-corrected chi connectivity index (χ3v) is 6.58. The van der Waals surface area contributed by atoms with E-state index in [-0.39, 0.29) is 11.8 Å². The minimum atomic E-state index is -3.14. The van der Waals surface area contributed by atoms with Crippen LogP contribution in [0.5, 0.6) is 0 Å². The highest BCUT2D eigenvalue weighted by Gasteiger charge is 2.33. The van der Waals surface area contributed by atoms with E-state index in [1.807, 2.05) is 12.1 Å². The highest BCUT2D eigenvalue weighted by Crippen LogP contribution is 2.33. The molecule has 2 N–H and O–H groups in total. The molecule has 116 valence electrons. The summed E-state index contributed by atoms with van der Waals surface area (Å²) in [5.41, 5.74) is 0.229. The normalized spacial score (nSPS) is 27.0. The average molecular weight is 309 g/mol. The first kappa shape index (κ1) is 15.0. The van der Waals surface area contributed by atoms with Crippen LogP contribution in [0.25, 0.3) is 0 Å². The van der Waals surface area contributed by atoms with Gasteiger partial charge in [0, 0.05) is 12.6 Å². The maximum Gasteiger partial charge on any atom is 0.178 e. The number of rotatable bonds is 3. The van der Waals surface area contributed by atoms with Crippen molar-refractivity contribution in [3.8, 4) is 0 Å². The highest BCUT2D eigenvalue weighted by atomic mass is 32.2. The topological polar surface area (TPSA) is 66.4 Å². The van der Waals surface area contributed by atoms with Gasteiger partial charge in [-0.25, -0.2) is 8.42 Å². The van der Waals surface area contributed by atoms with Gasteiger partial charge in [-0.1, -0.05) is 37.5 Å². The van der Waals surface area contributed by atoms with Gasteiger partial charge in [-0.3, -0.25) is 0 Å². The van der Waals surface area contributed by atoms with Crippen molar-refractivity contribution in [3.63, 3.8) is 0 Å². The van der Waals surface area contributed by atoms with Crippen LogP contribution in [-0.4, -0.2) is 31.4 Å². The van der Waals surface area contributed by atoms with Gasteiger partial charge in [-0.15, -0.1) is 0 Å². The van der Waals surface area contributed by atoms with Crippen molar-refractivity contribution in [1.29, 1.82) is 0 Å². The quantitative estimate of drug-likeness (QED) is 0.898. The maximum absolute atomic E-state index is 12.1. The Hall–Kier alpha value is -0.910. The molecule has 1 unspecified atom stereocenters. The van der Waals surface area contributed by atoms with Crippen molar-refractivity contribution in [2.45, 2.75) is 55.1 Å². The summed E-state index contributed by atoms with van der Waals surface area (Å²) in [4.78, 5) is 0.449. The Bertz CT molecular complexity index is 606. The van der Waals surface area contributed by atoms with Crippen molar-refractivity contribution < 1.29 is 13.5 Å². The van der Waals surface area contributed by atoms with Gasteiger partial charge < -0.3 is 10.4 Å². The monoisotopic (exact) mass is 309 g/mol. The lowest BCUT2D eigenvalue weighted by Gasteiger charge is -2.35. The summed E-state index contributed by atoms with van der Waals surface area (Å²) >= 11 is 0. The zero-order valence-electron chi connectivity index (χ0n) is 12.2. The Labute approximate surface area is 126 Å². The molecule has 0 radical (unpaired) electrons. The van der Waals surface area contributed by atoms with Gasteiger partial charge in [-0.2, -0.15) is 0 Å². The van der Waals surface area contributed by atoms with Crippen LogP contribution in [0, 0.1) is 0 Å². The number of fused-ring (bicyclic) bond motifs is 1.